The van der Waals surface area contributed by atoms with Crippen LogP contribution >= 0.6 is 0 Å². The van der Waals surface area contributed by atoms with Crippen LogP contribution in [0.25, 0.3) is 10.9 Å². The van der Waals surface area contributed by atoms with E-state index >= 15 is 0 Å². The molecule has 0 spiro atoms. The molecule has 1 N–H and O–H groups in total. The number of benzene rings is 1. The smallest absolute Gasteiger partial charge is 0.125 e. The van der Waals surface area contributed by atoms with Crippen LogP contribution in [0, 0.1) is 11.7 Å². The van der Waals surface area contributed by atoms with Crippen LogP contribution in [0.5, 0.6) is 0 Å². The SMILES string of the molecule is Fc1ccc2c(NC[C@@H]([C@@H]3CCOC3)N3CCOCC3)ccnc2c1. The van der Waals surface area contributed by atoms with Crippen LogP contribution in [0.3, 0.4) is 0 Å². The summed E-state index contributed by atoms with van der Waals surface area (Å²) in [5.41, 5.74) is 1.68. The third kappa shape index (κ3) is 3.76. The van der Waals surface area contributed by atoms with E-state index in [-0.39, 0.29) is 5.82 Å². The first-order chi connectivity index (χ1) is 12.3. The van der Waals surface area contributed by atoms with Crippen LogP contribution in [0.15, 0.2) is 30.5 Å². The van der Waals surface area contributed by atoms with Crippen LogP contribution in [0.1, 0.15) is 6.42 Å². The molecule has 1 aromatic carbocycles. The number of aromatic nitrogens is 1. The lowest BCUT2D eigenvalue weighted by Gasteiger charge is -2.37. The molecule has 5 nitrogen and oxygen atoms in total. The van der Waals surface area contributed by atoms with E-state index in [2.05, 4.69) is 15.2 Å². The van der Waals surface area contributed by atoms with Crippen molar-refractivity contribution >= 4 is 16.6 Å². The average Bonchev–Trinajstić information content (AvgIpc) is 3.17. The van der Waals surface area contributed by atoms with Crippen molar-refractivity contribution in [3.63, 3.8) is 0 Å². The number of nitrogens with one attached hydrogen (secondary N) is 1. The Labute approximate surface area is 147 Å². The number of ether oxygens (including phenoxy) is 2. The van der Waals surface area contributed by atoms with Crippen molar-refractivity contribution in [1.29, 1.82) is 0 Å². The summed E-state index contributed by atoms with van der Waals surface area (Å²) in [7, 11) is 0. The van der Waals surface area contributed by atoms with Gasteiger partial charge in [0.25, 0.3) is 0 Å². The fourth-order valence-corrected chi connectivity index (χ4v) is 3.85. The topological polar surface area (TPSA) is 46.6 Å². The van der Waals surface area contributed by atoms with Gasteiger partial charge in [-0.2, -0.15) is 0 Å². The molecular weight excluding hydrogens is 321 g/mol. The summed E-state index contributed by atoms with van der Waals surface area (Å²) in [5, 5.41) is 4.53. The highest BCUT2D eigenvalue weighted by Gasteiger charge is 2.31. The van der Waals surface area contributed by atoms with E-state index in [1.165, 1.54) is 12.1 Å². The third-order valence-electron chi connectivity index (χ3n) is 5.23. The number of anilines is 1. The van der Waals surface area contributed by atoms with Gasteiger partial charge in [-0.3, -0.25) is 9.88 Å². The van der Waals surface area contributed by atoms with Crippen molar-refractivity contribution in [2.45, 2.75) is 12.5 Å². The minimum absolute atomic E-state index is 0.258. The third-order valence-corrected chi connectivity index (χ3v) is 5.23. The van der Waals surface area contributed by atoms with E-state index in [9.17, 15) is 4.39 Å². The van der Waals surface area contributed by atoms with Gasteiger partial charge < -0.3 is 14.8 Å². The molecule has 0 bridgehead atoms. The summed E-state index contributed by atoms with van der Waals surface area (Å²) in [6, 6.07) is 7.13. The Morgan fingerprint density at radius 2 is 2.08 bits per heavy atom. The first kappa shape index (κ1) is 16.7. The summed E-state index contributed by atoms with van der Waals surface area (Å²) in [6.45, 7) is 6.03. The second-order valence-electron chi connectivity index (χ2n) is 6.74. The molecule has 3 heterocycles. The molecule has 4 rings (SSSR count). The van der Waals surface area contributed by atoms with Gasteiger partial charge in [0.15, 0.2) is 0 Å². The highest BCUT2D eigenvalue weighted by Crippen LogP contribution is 2.25. The second-order valence-corrected chi connectivity index (χ2v) is 6.74. The molecule has 2 atom stereocenters. The van der Waals surface area contributed by atoms with Gasteiger partial charge in [0, 0.05) is 61.5 Å². The molecule has 0 amide bonds. The highest BCUT2D eigenvalue weighted by atomic mass is 19.1. The monoisotopic (exact) mass is 345 g/mol. The van der Waals surface area contributed by atoms with E-state index in [0.29, 0.717) is 17.5 Å². The Hall–Kier alpha value is -1.76. The maximum absolute atomic E-state index is 13.4. The zero-order valence-corrected chi connectivity index (χ0v) is 14.3. The molecule has 0 aliphatic carbocycles. The Morgan fingerprint density at radius 1 is 1.20 bits per heavy atom. The number of hydrogen-bond acceptors (Lipinski definition) is 5. The lowest BCUT2D eigenvalue weighted by Crippen LogP contribution is -2.50. The Morgan fingerprint density at radius 3 is 2.88 bits per heavy atom. The van der Waals surface area contributed by atoms with E-state index in [0.717, 1.165) is 63.6 Å². The van der Waals surface area contributed by atoms with Crippen molar-refractivity contribution in [3.05, 3.63) is 36.3 Å². The predicted octanol–water partition coefficient (Wildman–Crippen LogP) is 2.52. The number of fused-ring (bicyclic) bond motifs is 1. The zero-order chi connectivity index (χ0) is 17.1. The van der Waals surface area contributed by atoms with Gasteiger partial charge in [-0.1, -0.05) is 0 Å². The van der Waals surface area contributed by atoms with Crippen molar-refractivity contribution in [2.24, 2.45) is 5.92 Å². The molecule has 2 saturated heterocycles. The molecule has 0 unspecified atom stereocenters. The molecule has 0 radical (unpaired) electrons. The van der Waals surface area contributed by atoms with Gasteiger partial charge >= 0.3 is 0 Å². The average molecular weight is 345 g/mol. The van der Waals surface area contributed by atoms with Crippen molar-refractivity contribution < 1.29 is 13.9 Å². The van der Waals surface area contributed by atoms with Gasteiger partial charge in [-0.15, -0.1) is 0 Å². The first-order valence-electron chi connectivity index (χ1n) is 8.99. The van der Waals surface area contributed by atoms with Crippen molar-refractivity contribution in [3.8, 4) is 0 Å². The Balaban J connectivity index is 1.52. The summed E-state index contributed by atoms with van der Waals surface area (Å²) in [5.74, 6) is 0.280. The van der Waals surface area contributed by atoms with Crippen LogP contribution < -0.4 is 5.32 Å². The minimum atomic E-state index is -0.258. The van der Waals surface area contributed by atoms with Crippen molar-refractivity contribution in [1.82, 2.24) is 9.88 Å². The van der Waals surface area contributed by atoms with Gasteiger partial charge in [-0.05, 0) is 24.6 Å². The van der Waals surface area contributed by atoms with E-state index in [1.54, 1.807) is 12.3 Å². The van der Waals surface area contributed by atoms with Gasteiger partial charge in [-0.25, -0.2) is 4.39 Å². The highest BCUT2D eigenvalue weighted by molar-refractivity contribution is 5.90. The summed E-state index contributed by atoms with van der Waals surface area (Å²) < 4.78 is 24.6. The summed E-state index contributed by atoms with van der Waals surface area (Å²) in [6.07, 6.45) is 2.83. The lowest BCUT2D eigenvalue weighted by atomic mass is 9.96. The van der Waals surface area contributed by atoms with Gasteiger partial charge in [0.1, 0.15) is 5.82 Å². The summed E-state index contributed by atoms with van der Waals surface area (Å²) >= 11 is 0. The first-order valence-corrected chi connectivity index (χ1v) is 8.99. The molecule has 6 heteroatoms. The van der Waals surface area contributed by atoms with Crippen molar-refractivity contribution in [2.75, 3.05) is 51.4 Å². The Kier molecular flexibility index (Phi) is 5.10. The van der Waals surface area contributed by atoms with Gasteiger partial charge in [0.2, 0.25) is 0 Å². The molecule has 0 saturated carbocycles. The van der Waals surface area contributed by atoms with Crippen LogP contribution in [-0.4, -0.2) is 62.0 Å². The van der Waals surface area contributed by atoms with E-state index in [4.69, 9.17) is 9.47 Å². The largest absolute Gasteiger partial charge is 0.383 e. The number of pyridine rings is 1. The zero-order valence-electron chi connectivity index (χ0n) is 14.3. The molecule has 2 aliphatic rings. The predicted molar refractivity (Wildman–Crippen MR) is 95.3 cm³/mol. The van der Waals surface area contributed by atoms with Crippen LogP contribution in [0.4, 0.5) is 10.1 Å². The molecule has 2 fully saturated rings. The number of morpholine rings is 1. The molecule has 25 heavy (non-hydrogen) atoms. The Bertz CT molecular complexity index is 715. The maximum atomic E-state index is 13.4. The number of hydrogen-bond donors (Lipinski definition) is 1. The molecule has 2 aromatic rings. The molecule has 2 aliphatic heterocycles. The van der Waals surface area contributed by atoms with Crippen LogP contribution in [-0.2, 0) is 9.47 Å². The second kappa shape index (κ2) is 7.64. The van der Waals surface area contributed by atoms with Crippen LogP contribution in [0.2, 0.25) is 0 Å². The number of rotatable bonds is 5. The molecule has 134 valence electrons. The van der Waals surface area contributed by atoms with E-state index in [1.807, 2.05) is 6.07 Å². The fraction of sp³-hybridized carbons (Fsp3) is 0.526. The molecule has 1 aromatic heterocycles. The minimum Gasteiger partial charge on any atom is -0.383 e. The number of nitrogens with zero attached hydrogens (tertiary/aromatic N) is 2. The maximum Gasteiger partial charge on any atom is 0.125 e. The number of halogens is 1. The normalized spacial score (nSPS) is 23.0. The van der Waals surface area contributed by atoms with Gasteiger partial charge in [0.05, 0.1) is 25.3 Å². The molecular formula is C19H24FN3O2. The lowest BCUT2D eigenvalue weighted by molar-refractivity contribution is 0.00462. The fourth-order valence-electron chi connectivity index (χ4n) is 3.85. The summed E-state index contributed by atoms with van der Waals surface area (Å²) in [4.78, 5) is 6.78. The quantitative estimate of drug-likeness (QED) is 0.902. The van der Waals surface area contributed by atoms with E-state index < -0.39 is 0 Å². The standard InChI is InChI=1S/C19H24FN3O2/c20-15-1-2-16-17(3-5-21-18(16)11-15)22-12-19(14-4-8-25-13-14)23-6-9-24-10-7-23/h1-3,5,11,14,19H,4,6-10,12-13H2,(H,21,22)/t14-,19+/m1/s1.